The van der Waals surface area contributed by atoms with Gasteiger partial charge in [0.05, 0.1) is 16.7 Å². The molecule has 0 spiro atoms. The number of pyridine rings is 1. The highest BCUT2D eigenvalue weighted by Gasteiger charge is 2.13. The Balaban J connectivity index is 1.02. The summed E-state index contributed by atoms with van der Waals surface area (Å²) < 4.78 is 8.28. The van der Waals surface area contributed by atoms with Crippen LogP contribution >= 0.6 is 0 Å². The third-order valence-corrected chi connectivity index (χ3v) is 8.65. The van der Waals surface area contributed by atoms with Crippen LogP contribution in [0.4, 0.5) is 0 Å². The molecule has 3 heterocycles. The van der Waals surface area contributed by atoms with E-state index in [0.29, 0.717) is 0 Å². The molecule has 0 atom stereocenters. The molecule has 0 saturated carbocycles. The molecule has 0 unspecified atom stereocenters. The molecule has 0 aliphatic rings. The van der Waals surface area contributed by atoms with Crippen LogP contribution in [0.2, 0.25) is 0 Å². The molecule has 3 heteroatoms. The molecule has 9 rings (SSSR count). The minimum Gasteiger partial charge on any atom is -0.456 e. The number of aromatic nitrogens is 2. The second-order valence-electron chi connectivity index (χ2n) is 11.2. The van der Waals surface area contributed by atoms with Gasteiger partial charge in [-0.15, -0.1) is 0 Å². The number of hydrogen-bond acceptors (Lipinski definition) is 2. The number of fused-ring (bicyclic) bond motifs is 6. The van der Waals surface area contributed by atoms with Crippen molar-refractivity contribution >= 4 is 43.7 Å². The van der Waals surface area contributed by atoms with Gasteiger partial charge in [-0.2, -0.15) is 0 Å². The SMILES string of the molecule is c1cc(-c2ccc(-c3ccc(-c4ccc5oc6ccccc6c5c4)cc3)cc2)nc(-n2c3ccccc3c3ccccc32)c1. The van der Waals surface area contributed by atoms with Crippen molar-refractivity contribution in [2.75, 3.05) is 0 Å². The highest BCUT2D eigenvalue weighted by Crippen LogP contribution is 2.34. The molecule has 0 N–H and O–H groups in total. The maximum absolute atomic E-state index is 6.02. The van der Waals surface area contributed by atoms with Crippen molar-refractivity contribution in [3.8, 4) is 39.3 Å². The van der Waals surface area contributed by atoms with Crippen molar-refractivity contribution in [2.45, 2.75) is 0 Å². The second kappa shape index (κ2) is 9.82. The van der Waals surface area contributed by atoms with E-state index in [2.05, 4.69) is 150 Å². The minimum absolute atomic E-state index is 0.918. The van der Waals surface area contributed by atoms with Crippen molar-refractivity contribution in [3.63, 3.8) is 0 Å². The largest absolute Gasteiger partial charge is 0.456 e. The van der Waals surface area contributed by atoms with Crippen molar-refractivity contribution in [1.29, 1.82) is 0 Å². The molecule has 3 aromatic heterocycles. The predicted molar refractivity (Wildman–Crippen MR) is 182 cm³/mol. The molecule has 0 amide bonds. The van der Waals surface area contributed by atoms with E-state index in [-0.39, 0.29) is 0 Å². The van der Waals surface area contributed by atoms with E-state index in [1.165, 1.54) is 33.0 Å². The Labute approximate surface area is 254 Å². The number of furan rings is 1. The summed E-state index contributed by atoms with van der Waals surface area (Å²) in [6, 6.07) is 55.5. The fourth-order valence-corrected chi connectivity index (χ4v) is 6.47. The molecule has 9 aromatic rings. The van der Waals surface area contributed by atoms with Gasteiger partial charge in [0.1, 0.15) is 17.0 Å². The lowest BCUT2D eigenvalue weighted by Crippen LogP contribution is -1.98. The average molecular weight is 563 g/mol. The van der Waals surface area contributed by atoms with Crippen LogP contribution in [0.25, 0.3) is 83.1 Å². The van der Waals surface area contributed by atoms with Crippen LogP contribution in [0.3, 0.4) is 0 Å². The van der Waals surface area contributed by atoms with E-state index in [4.69, 9.17) is 9.40 Å². The quantitative estimate of drug-likeness (QED) is 0.214. The lowest BCUT2D eigenvalue weighted by atomic mass is 9.98. The number of benzene rings is 6. The van der Waals surface area contributed by atoms with E-state index < -0.39 is 0 Å². The zero-order valence-corrected chi connectivity index (χ0v) is 23.8. The molecule has 0 radical (unpaired) electrons. The molecule has 0 aliphatic heterocycles. The van der Waals surface area contributed by atoms with Gasteiger partial charge in [0.2, 0.25) is 0 Å². The predicted octanol–water partition coefficient (Wildman–Crippen LogP) is 11.1. The lowest BCUT2D eigenvalue weighted by Gasteiger charge is -2.10. The maximum Gasteiger partial charge on any atom is 0.138 e. The summed E-state index contributed by atoms with van der Waals surface area (Å²) in [4.78, 5) is 5.13. The topological polar surface area (TPSA) is 31.0 Å². The highest BCUT2D eigenvalue weighted by molar-refractivity contribution is 6.09. The number of nitrogens with zero attached hydrogens (tertiary/aromatic N) is 2. The molecule has 0 saturated heterocycles. The fourth-order valence-electron chi connectivity index (χ4n) is 6.47. The van der Waals surface area contributed by atoms with E-state index >= 15 is 0 Å². The summed E-state index contributed by atoms with van der Waals surface area (Å²) in [5, 5.41) is 4.77. The van der Waals surface area contributed by atoms with Crippen molar-refractivity contribution < 1.29 is 4.42 Å². The number of hydrogen-bond donors (Lipinski definition) is 0. The molecule has 44 heavy (non-hydrogen) atoms. The Morgan fingerprint density at radius 3 is 1.59 bits per heavy atom. The van der Waals surface area contributed by atoms with E-state index in [0.717, 1.165) is 50.0 Å². The summed E-state index contributed by atoms with van der Waals surface area (Å²) in [5.41, 5.74) is 10.9. The standard InChI is InChI=1S/C41H26N2O/c1-4-12-37-32(8-1)33-9-2-5-13-38(33)43(37)41-15-7-11-36(42-41)30-22-20-28(21-23-30)27-16-18-29(19-17-27)31-24-25-40-35(26-31)34-10-3-6-14-39(34)44-40/h1-26H. The van der Waals surface area contributed by atoms with E-state index in [1.807, 2.05) is 12.1 Å². The average Bonchev–Trinajstić information content (AvgIpc) is 3.64. The summed E-state index contributed by atoms with van der Waals surface area (Å²) in [5.74, 6) is 0.918. The summed E-state index contributed by atoms with van der Waals surface area (Å²) in [7, 11) is 0. The Hall–Kier alpha value is -5.93. The van der Waals surface area contributed by atoms with Crippen molar-refractivity contribution in [3.05, 3.63) is 158 Å². The van der Waals surface area contributed by atoms with Crippen molar-refractivity contribution in [1.82, 2.24) is 9.55 Å². The summed E-state index contributed by atoms with van der Waals surface area (Å²) in [6.45, 7) is 0. The minimum atomic E-state index is 0.918. The van der Waals surface area contributed by atoms with Crippen LogP contribution in [0.15, 0.2) is 162 Å². The highest BCUT2D eigenvalue weighted by atomic mass is 16.3. The van der Waals surface area contributed by atoms with Gasteiger partial charge in [0.15, 0.2) is 0 Å². The number of rotatable bonds is 4. The first kappa shape index (κ1) is 24.6. The van der Waals surface area contributed by atoms with Gasteiger partial charge in [-0.05, 0) is 64.7 Å². The fraction of sp³-hybridized carbons (Fsp3) is 0. The normalized spacial score (nSPS) is 11.6. The molecule has 0 aliphatic carbocycles. The summed E-state index contributed by atoms with van der Waals surface area (Å²) >= 11 is 0. The Morgan fingerprint density at radius 1 is 0.386 bits per heavy atom. The molecular formula is C41H26N2O. The van der Waals surface area contributed by atoms with Crippen LogP contribution in [-0.2, 0) is 0 Å². The van der Waals surface area contributed by atoms with Crippen LogP contribution in [0.5, 0.6) is 0 Å². The Kier molecular flexibility index (Phi) is 5.50. The molecule has 0 bridgehead atoms. The first-order valence-corrected chi connectivity index (χ1v) is 14.9. The zero-order chi connectivity index (χ0) is 29.0. The van der Waals surface area contributed by atoms with Gasteiger partial charge in [-0.3, -0.25) is 4.57 Å². The first-order valence-electron chi connectivity index (χ1n) is 14.9. The second-order valence-corrected chi connectivity index (χ2v) is 11.2. The van der Waals surface area contributed by atoms with Crippen molar-refractivity contribution in [2.24, 2.45) is 0 Å². The van der Waals surface area contributed by atoms with Gasteiger partial charge < -0.3 is 4.42 Å². The monoisotopic (exact) mass is 562 g/mol. The van der Waals surface area contributed by atoms with Gasteiger partial charge >= 0.3 is 0 Å². The van der Waals surface area contributed by atoms with Gasteiger partial charge in [-0.25, -0.2) is 4.98 Å². The Morgan fingerprint density at radius 2 is 0.909 bits per heavy atom. The smallest absolute Gasteiger partial charge is 0.138 e. The van der Waals surface area contributed by atoms with Crippen LogP contribution in [0, 0.1) is 0 Å². The van der Waals surface area contributed by atoms with E-state index in [1.54, 1.807) is 0 Å². The number of para-hydroxylation sites is 3. The van der Waals surface area contributed by atoms with Crippen LogP contribution < -0.4 is 0 Å². The lowest BCUT2D eigenvalue weighted by molar-refractivity contribution is 0.669. The zero-order valence-electron chi connectivity index (χ0n) is 23.8. The summed E-state index contributed by atoms with van der Waals surface area (Å²) in [6.07, 6.45) is 0. The molecule has 3 nitrogen and oxygen atoms in total. The van der Waals surface area contributed by atoms with Gasteiger partial charge in [-0.1, -0.05) is 115 Å². The maximum atomic E-state index is 6.02. The van der Waals surface area contributed by atoms with Crippen LogP contribution in [0.1, 0.15) is 0 Å². The third-order valence-electron chi connectivity index (χ3n) is 8.65. The molecule has 0 fully saturated rings. The van der Waals surface area contributed by atoms with Gasteiger partial charge in [0.25, 0.3) is 0 Å². The third kappa shape index (κ3) is 3.94. The van der Waals surface area contributed by atoms with E-state index in [9.17, 15) is 0 Å². The Bertz CT molecular complexity index is 2430. The van der Waals surface area contributed by atoms with Crippen LogP contribution in [-0.4, -0.2) is 9.55 Å². The molecule has 6 aromatic carbocycles. The first-order chi connectivity index (χ1) is 21.8. The molecule has 206 valence electrons. The molecular weight excluding hydrogens is 536 g/mol. The van der Waals surface area contributed by atoms with Gasteiger partial charge in [0, 0.05) is 27.1 Å².